The summed E-state index contributed by atoms with van der Waals surface area (Å²) in [5.41, 5.74) is 0.687. The van der Waals surface area contributed by atoms with E-state index in [9.17, 15) is 14.4 Å². The number of esters is 1. The molecule has 26 heavy (non-hydrogen) atoms. The molecule has 7 heteroatoms. The second-order valence-electron chi connectivity index (χ2n) is 6.79. The van der Waals surface area contributed by atoms with Gasteiger partial charge in [-0.3, -0.25) is 4.79 Å². The minimum absolute atomic E-state index is 0.109. The number of carboxylic acid groups (broad SMARTS) is 1. The van der Waals surface area contributed by atoms with Crippen molar-refractivity contribution >= 4 is 35.3 Å². The van der Waals surface area contributed by atoms with E-state index in [0.717, 1.165) is 0 Å². The van der Waals surface area contributed by atoms with Gasteiger partial charge in [0.15, 0.2) is 0 Å². The maximum atomic E-state index is 12.5. The number of anilines is 1. The summed E-state index contributed by atoms with van der Waals surface area (Å²) < 4.78 is 5.35. The van der Waals surface area contributed by atoms with Crippen LogP contribution in [-0.4, -0.2) is 28.6 Å². The van der Waals surface area contributed by atoms with Crippen LogP contribution in [0.4, 0.5) is 5.69 Å². The van der Waals surface area contributed by atoms with Crippen LogP contribution < -0.4 is 5.32 Å². The van der Waals surface area contributed by atoms with E-state index >= 15 is 0 Å². The third-order valence-corrected chi connectivity index (χ3v) is 4.69. The number of fused-ring (bicyclic) bond motifs is 2. The number of amides is 1. The Labute approximate surface area is 154 Å². The van der Waals surface area contributed by atoms with E-state index in [4.69, 9.17) is 9.84 Å². The number of nitrogens with one attached hydrogen (secondary N) is 1. The molecule has 1 aliphatic rings. The Bertz CT molecular complexity index is 930. The van der Waals surface area contributed by atoms with Crippen LogP contribution in [-0.2, 0) is 4.74 Å². The number of hydrogen-bond donors (Lipinski definition) is 2. The highest BCUT2D eigenvalue weighted by Crippen LogP contribution is 2.39. The van der Waals surface area contributed by atoms with E-state index in [2.05, 4.69) is 5.32 Å². The minimum Gasteiger partial charge on any atom is -0.478 e. The Balaban J connectivity index is 1.97. The molecule has 2 aromatic carbocycles. The SMILES string of the molecule is CC(C)(C)OC(=O)c1ccc2c(c1)NC(=O)c1ccc(C(=O)O)cc1S2. The standard InChI is InChI=1S/C19H17NO5S/c1-19(2,3)25-18(24)11-5-7-14-13(8-11)20-16(21)12-6-4-10(17(22)23)9-15(12)26-14/h4-9H,1-3H3,(H,20,21)(H,22,23). The fraction of sp³-hybridized carbons (Fsp3) is 0.211. The molecule has 134 valence electrons. The maximum absolute atomic E-state index is 12.5. The molecule has 2 aromatic rings. The molecule has 0 fully saturated rings. The maximum Gasteiger partial charge on any atom is 0.338 e. The van der Waals surface area contributed by atoms with Crippen LogP contribution in [0.2, 0.25) is 0 Å². The number of ether oxygens (including phenoxy) is 1. The molecule has 0 bridgehead atoms. The summed E-state index contributed by atoms with van der Waals surface area (Å²) in [4.78, 5) is 37.2. The molecule has 0 saturated carbocycles. The van der Waals surface area contributed by atoms with Gasteiger partial charge < -0.3 is 15.2 Å². The Morgan fingerprint density at radius 1 is 1.04 bits per heavy atom. The Morgan fingerprint density at radius 2 is 1.73 bits per heavy atom. The van der Waals surface area contributed by atoms with E-state index in [1.165, 1.54) is 30.0 Å². The zero-order valence-corrected chi connectivity index (χ0v) is 15.3. The zero-order chi connectivity index (χ0) is 19.1. The summed E-state index contributed by atoms with van der Waals surface area (Å²) in [6, 6.07) is 9.25. The molecule has 0 atom stereocenters. The van der Waals surface area contributed by atoms with E-state index in [-0.39, 0.29) is 11.5 Å². The smallest absolute Gasteiger partial charge is 0.338 e. The largest absolute Gasteiger partial charge is 0.478 e. The van der Waals surface area contributed by atoms with Crippen LogP contribution >= 0.6 is 11.8 Å². The summed E-state index contributed by atoms with van der Waals surface area (Å²) >= 11 is 1.27. The molecular weight excluding hydrogens is 354 g/mol. The number of carbonyl (C=O) groups is 3. The number of aromatic carboxylic acids is 1. The van der Waals surface area contributed by atoms with Crippen molar-refractivity contribution in [3.05, 3.63) is 53.1 Å². The van der Waals surface area contributed by atoms with Gasteiger partial charge in [0.2, 0.25) is 0 Å². The third kappa shape index (κ3) is 3.72. The predicted octanol–water partition coefficient (Wildman–Crippen LogP) is 4.06. The van der Waals surface area contributed by atoms with Gasteiger partial charge in [-0.1, -0.05) is 11.8 Å². The molecule has 0 aromatic heterocycles. The first-order valence-corrected chi connectivity index (χ1v) is 8.70. The van der Waals surface area contributed by atoms with Crippen LogP contribution in [0.5, 0.6) is 0 Å². The van der Waals surface area contributed by atoms with Crippen molar-refractivity contribution in [2.75, 3.05) is 5.32 Å². The monoisotopic (exact) mass is 371 g/mol. The molecule has 0 aliphatic carbocycles. The van der Waals surface area contributed by atoms with Crippen LogP contribution in [0.3, 0.4) is 0 Å². The molecule has 3 rings (SSSR count). The fourth-order valence-corrected chi connectivity index (χ4v) is 3.47. The van der Waals surface area contributed by atoms with Gasteiger partial charge in [0, 0.05) is 9.79 Å². The summed E-state index contributed by atoms with van der Waals surface area (Å²) in [7, 11) is 0. The first-order valence-electron chi connectivity index (χ1n) is 7.88. The normalized spacial score (nSPS) is 13.1. The van der Waals surface area contributed by atoms with Crippen LogP contribution in [0.1, 0.15) is 51.8 Å². The first-order chi connectivity index (χ1) is 12.1. The average Bonchev–Trinajstić information content (AvgIpc) is 2.67. The summed E-state index contributed by atoms with van der Waals surface area (Å²) in [5, 5.41) is 11.9. The molecule has 1 amide bonds. The number of rotatable bonds is 2. The summed E-state index contributed by atoms with van der Waals surface area (Å²) in [6.07, 6.45) is 0. The van der Waals surface area contributed by atoms with Gasteiger partial charge in [0.25, 0.3) is 5.91 Å². The zero-order valence-electron chi connectivity index (χ0n) is 14.5. The van der Waals surface area contributed by atoms with Gasteiger partial charge in [-0.25, -0.2) is 9.59 Å². The summed E-state index contributed by atoms with van der Waals surface area (Å²) in [5.74, 6) is -1.89. The van der Waals surface area contributed by atoms with Crippen LogP contribution in [0, 0.1) is 0 Å². The lowest BCUT2D eigenvalue weighted by Gasteiger charge is -2.19. The lowest BCUT2D eigenvalue weighted by Crippen LogP contribution is -2.24. The minimum atomic E-state index is -1.06. The van der Waals surface area contributed by atoms with E-state index in [1.807, 2.05) is 0 Å². The van der Waals surface area contributed by atoms with Crippen molar-refractivity contribution in [1.29, 1.82) is 0 Å². The van der Waals surface area contributed by atoms with Crippen molar-refractivity contribution in [3.8, 4) is 0 Å². The highest BCUT2D eigenvalue weighted by molar-refractivity contribution is 7.99. The van der Waals surface area contributed by atoms with Gasteiger partial charge >= 0.3 is 11.9 Å². The van der Waals surface area contributed by atoms with Crippen molar-refractivity contribution < 1.29 is 24.2 Å². The van der Waals surface area contributed by atoms with Gasteiger partial charge in [0.1, 0.15) is 5.60 Å². The van der Waals surface area contributed by atoms with E-state index in [0.29, 0.717) is 26.6 Å². The number of benzene rings is 2. The quantitative estimate of drug-likeness (QED) is 0.774. The average molecular weight is 371 g/mol. The topological polar surface area (TPSA) is 92.7 Å². The Morgan fingerprint density at radius 3 is 2.38 bits per heavy atom. The van der Waals surface area contributed by atoms with E-state index in [1.54, 1.807) is 39.0 Å². The molecule has 0 spiro atoms. The van der Waals surface area contributed by atoms with Crippen molar-refractivity contribution in [3.63, 3.8) is 0 Å². The van der Waals surface area contributed by atoms with Crippen LogP contribution in [0.25, 0.3) is 0 Å². The molecule has 1 aliphatic heterocycles. The third-order valence-electron chi connectivity index (χ3n) is 3.56. The highest BCUT2D eigenvalue weighted by Gasteiger charge is 2.24. The van der Waals surface area contributed by atoms with Gasteiger partial charge in [0.05, 0.1) is 22.4 Å². The highest BCUT2D eigenvalue weighted by atomic mass is 32.2. The lowest BCUT2D eigenvalue weighted by molar-refractivity contribution is 0.00691. The van der Waals surface area contributed by atoms with Crippen molar-refractivity contribution in [2.45, 2.75) is 36.2 Å². The second kappa shape index (κ2) is 6.49. The fourth-order valence-electron chi connectivity index (χ4n) is 2.42. The number of hydrogen-bond acceptors (Lipinski definition) is 5. The molecule has 0 radical (unpaired) electrons. The first kappa shape index (κ1) is 18.0. The molecule has 0 saturated heterocycles. The van der Waals surface area contributed by atoms with Gasteiger partial charge in [-0.05, 0) is 57.2 Å². The van der Waals surface area contributed by atoms with Gasteiger partial charge in [-0.2, -0.15) is 0 Å². The number of carbonyl (C=O) groups excluding carboxylic acids is 2. The molecular formula is C19H17NO5S. The van der Waals surface area contributed by atoms with Crippen molar-refractivity contribution in [1.82, 2.24) is 0 Å². The lowest BCUT2D eigenvalue weighted by atomic mass is 10.1. The molecule has 2 N–H and O–H groups in total. The van der Waals surface area contributed by atoms with Crippen LogP contribution in [0.15, 0.2) is 46.2 Å². The Hall–Kier alpha value is -2.80. The molecule has 0 unspecified atom stereocenters. The summed E-state index contributed by atoms with van der Waals surface area (Å²) in [6.45, 7) is 5.34. The van der Waals surface area contributed by atoms with E-state index < -0.39 is 17.5 Å². The van der Waals surface area contributed by atoms with Crippen molar-refractivity contribution in [2.24, 2.45) is 0 Å². The Kier molecular flexibility index (Phi) is 4.50. The molecule has 1 heterocycles. The van der Waals surface area contributed by atoms with Gasteiger partial charge in [-0.15, -0.1) is 0 Å². The second-order valence-corrected chi connectivity index (χ2v) is 7.87. The predicted molar refractivity (Wildman–Crippen MR) is 97.1 cm³/mol. The molecule has 6 nitrogen and oxygen atoms in total. The number of carboxylic acids is 1.